The maximum absolute atomic E-state index is 2.76. The van der Waals surface area contributed by atoms with Gasteiger partial charge in [0.1, 0.15) is 0 Å². The minimum atomic E-state index is -1.17. The highest BCUT2D eigenvalue weighted by Crippen LogP contribution is 2.24. The van der Waals surface area contributed by atoms with Crippen LogP contribution in [0.4, 0.5) is 0 Å². The van der Waals surface area contributed by atoms with Crippen molar-refractivity contribution in [2.45, 2.75) is 19.6 Å². The van der Waals surface area contributed by atoms with Gasteiger partial charge in [0, 0.05) is 26.2 Å². The summed E-state index contributed by atoms with van der Waals surface area (Å²) in [7, 11) is 0.476. The van der Waals surface area contributed by atoms with Crippen molar-refractivity contribution in [1.82, 2.24) is 13.4 Å². The van der Waals surface area contributed by atoms with Gasteiger partial charge in [0.15, 0.2) is 17.5 Å². The lowest BCUT2D eigenvalue weighted by molar-refractivity contribution is 0.621. The van der Waals surface area contributed by atoms with Gasteiger partial charge in [-0.1, -0.05) is 0 Å². The molecule has 0 aromatic rings. The van der Waals surface area contributed by atoms with Crippen LogP contribution in [0.1, 0.15) is 0 Å². The molecule has 2 heterocycles. The van der Waals surface area contributed by atoms with Gasteiger partial charge in [0.2, 0.25) is 0 Å². The first-order valence-corrected chi connectivity index (χ1v) is 10.3. The average molecular weight is 215 g/mol. The molecule has 3 nitrogen and oxygen atoms in total. The topological polar surface area (TPSA) is 9.26 Å². The molecule has 2 aliphatic heterocycles. The molecule has 0 aromatic carbocycles. The van der Waals surface area contributed by atoms with E-state index in [9.17, 15) is 0 Å². The van der Waals surface area contributed by atoms with Crippen LogP contribution in [0.25, 0.3) is 0 Å². The van der Waals surface area contributed by atoms with Crippen LogP contribution in [0.5, 0.6) is 0 Å². The molecule has 2 fully saturated rings. The molecular weight excluding hydrogens is 194 g/mol. The number of hydrogen-bond donors (Lipinski definition) is 0. The van der Waals surface area contributed by atoms with E-state index in [0.717, 1.165) is 0 Å². The van der Waals surface area contributed by atoms with Crippen molar-refractivity contribution in [1.29, 1.82) is 0 Å². The first kappa shape index (κ1) is 9.85. The van der Waals surface area contributed by atoms with Gasteiger partial charge >= 0.3 is 0 Å². The second-order valence-corrected chi connectivity index (χ2v) is 12.4. The highest BCUT2D eigenvalue weighted by molar-refractivity contribution is 6.81. The van der Waals surface area contributed by atoms with Crippen LogP contribution in [-0.4, -0.2) is 64.1 Å². The van der Waals surface area contributed by atoms with E-state index in [2.05, 4.69) is 40.1 Å². The van der Waals surface area contributed by atoms with Gasteiger partial charge in [0.25, 0.3) is 0 Å². The lowest BCUT2D eigenvalue weighted by Gasteiger charge is -2.38. The molecule has 0 amide bonds. The van der Waals surface area contributed by atoms with E-state index < -0.39 is 17.5 Å². The average Bonchev–Trinajstić information content (AvgIpc) is 2.89. The SMILES string of the molecule is CN([SiH](C)N1CC1)[Si](C)(C)N1CC1. The third-order valence-electron chi connectivity index (χ3n) is 3.65. The Morgan fingerprint density at radius 2 is 1.69 bits per heavy atom. The van der Waals surface area contributed by atoms with Gasteiger partial charge in [-0.05, 0) is 26.7 Å². The fourth-order valence-electron chi connectivity index (χ4n) is 1.95. The summed E-state index contributed by atoms with van der Waals surface area (Å²) < 4.78 is 8.10. The third kappa shape index (κ3) is 1.89. The lowest BCUT2D eigenvalue weighted by atomic mass is 11.0. The Hall–Kier alpha value is 0.314. The van der Waals surface area contributed by atoms with Crippen LogP contribution < -0.4 is 0 Å². The van der Waals surface area contributed by atoms with Gasteiger partial charge in [-0.2, -0.15) is 0 Å². The van der Waals surface area contributed by atoms with Crippen LogP contribution in [0, 0.1) is 0 Å². The van der Waals surface area contributed by atoms with Crippen molar-refractivity contribution in [3.8, 4) is 0 Å². The predicted octanol–water partition coefficient (Wildman–Crippen LogP) is 0.102. The monoisotopic (exact) mass is 215 g/mol. The summed E-state index contributed by atoms with van der Waals surface area (Å²) in [6.07, 6.45) is 0. The maximum atomic E-state index is 2.76. The highest BCUT2D eigenvalue weighted by Gasteiger charge is 2.44. The molecule has 0 bridgehead atoms. The Bertz CT molecular complexity index is 202. The van der Waals surface area contributed by atoms with Crippen molar-refractivity contribution in [2.24, 2.45) is 0 Å². The number of rotatable bonds is 4. The number of hydrogen-bond acceptors (Lipinski definition) is 3. The standard InChI is InChI=1S/C8H21N3Si2/c1-9(12(2)10-5-6-10)13(3,4)11-7-8-11/h12H,5-8H2,1-4H3. The lowest BCUT2D eigenvalue weighted by Crippen LogP contribution is -2.60. The third-order valence-corrected chi connectivity index (χ3v) is 13.1. The Labute approximate surface area is 84.2 Å². The molecule has 0 aliphatic carbocycles. The van der Waals surface area contributed by atoms with E-state index in [1.165, 1.54) is 26.2 Å². The van der Waals surface area contributed by atoms with Crippen LogP contribution >= 0.6 is 0 Å². The van der Waals surface area contributed by atoms with Crippen molar-refractivity contribution in [3.05, 3.63) is 0 Å². The normalized spacial score (nSPS) is 26.5. The quantitative estimate of drug-likeness (QED) is 0.486. The summed E-state index contributed by atoms with van der Waals surface area (Å²) in [5.41, 5.74) is 0. The second-order valence-electron chi connectivity index (χ2n) is 4.76. The van der Waals surface area contributed by atoms with E-state index in [1.807, 2.05) is 0 Å². The molecule has 0 aromatic heterocycles. The summed E-state index contributed by atoms with van der Waals surface area (Å²) in [6.45, 7) is 12.9. The van der Waals surface area contributed by atoms with Crippen molar-refractivity contribution in [3.63, 3.8) is 0 Å². The van der Waals surface area contributed by atoms with Crippen molar-refractivity contribution in [2.75, 3.05) is 33.2 Å². The molecule has 0 N–H and O–H groups in total. The summed E-state index contributed by atoms with van der Waals surface area (Å²) >= 11 is 0. The van der Waals surface area contributed by atoms with Gasteiger partial charge in [0.05, 0.1) is 0 Å². The molecule has 0 spiro atoms. The summed E-state index contributed by atoms with van der Waals surface area (Å²) in [5.74, 6) is 0. The second kappa shape index (κ2) is 3.17. The molecule has 2 saturated heterocycles. The minimum Gasteiger partial charge on any atom is -0.327 e. The highest BCUT2D eigenvalue weighted by atomic mass is 28.4. The molecule has 76 valence electrons. The van der Waals surface area contributed by atoms with E-state index in [-0.39, 0.29) is 0 Å². The van der Waals surface area contributed by atoms with Crippen molar-refractivity contribution < 1.29 is 0 Å². The molecule has 1 unspecified atom stereocenters. The zero-order chi connectivity index (χ0) is 9.64. The van der Waals surface area contributed by atoms with Gasteiger partial charge < -0.3 is 13.4 Å². The first-order chi connectivity index (χ1) is 6.03. The molecule has 2 aliphatic rings. The van der Waals surface area contributed by atoms with Crippen LogP contribution in [0.3, 0.4) is 0 Å². The van der Waals surface area contributed by atoms with Gasteiger partial charge in [-0.25, -0.2) is 0 Å². The Kier molecular flexibility index (Phi) is 2.40. The molecule has 5 heteroatoms. The smallest absolute Gasteiger partial charge is 0.194 e. The maximum Gasteiger partial charge on any atom is 0.194 e. The summed E-state index contributed by atoms with van der Waals surface area (Å²) in [4.78, 5) is 0. The molecule has 2 rings (SSSR count). The van der Waals surface area contributed by atoms with E-state index >= 15 is 0 Å². The molecule has 0 radical (unpaired) electrons. The van der Waals surface area contributed by atoms with Crippen LogP contribution in [-0.2, 0) is 0 Å². The Morgan fingerprint density at radius 1 is 1.15 bits per heavy atom. The molecule has 1 atom stereocenters. The zero-order valence-electron chi connectivity index (χ0n) is 9.25. The van der Waals surface area contributed by atoms with Crippen LogP contribution in [0.15, 0.2) is 0 Å². The van der Waals surface area contributed by atoms with E-state index in [0.29, 0.717) is 0 Å². The first-order valence-electron chi connectivity index (χ1n) is 5.25. The molecule has 0 saturated carbocycles. The van der Waals surface area contributed by atoms with Crippen molar-refractivity contribution >= 4 is 17.5 Å². The predicted molar refractivity (Wildman–Crippen MR) is 61.4 cm³/mol. The van der Waals surface area contributed by atoms with Crippen LogP contribution in [0.2, 0.25) is 19.6 Å². The Balaban J connectivity index is 1.96. The molecular formula is C8H21N3Si2. The van der Waals surface area contributed by atoms with E-state index in [4.69, 9.17) is 0 Å². The minimum absolute atomic E-state index is 0.713. The summed E-state index contributed by atoms with van der Waals surface area (Å²) in [6, 6.07) is 0. The molecule has 13 heavy (non-hydrogen) atoms. The largest absolute Gasteiger partial charge is 0.327 e. The van der Waals surface area contributed by atoms with E-state index in [1.54, 1.807) is 0 Å². The zero-order valence-corrected chi connectivity index (χ0v) is 11.4. The fraction of sp³-hybridized carbons (Fsp3) is 1.00. The number of nitrogens with zero attached hydrogens (tertiary/aromatic N) is 3. The fourth-order valence-corrected chi connectivity index (χ4v) is 9.58. The Morgan fingerprint density at radius 3 is 2.08 bits per heavy atom. The van der Waals surface area contributed by atoms with Gasteiger partial charge in [-0.3, -0.25) is 0 Å². The van der Waals surface area contributed by atoms with Gasteiger partial charge in [-0.15, -0.1) is 0 Å². The summed E-state index contributed by atoms with van der Waals surface area (Å²) in [5, 5.41) is 0.